The summed E-state index contributed by atoms with van der Waals surface area (Å²) in [5, 5.41) is 22.2. The number of hydrogen-bond acceptors (Lipinski definition) is 11. The Morgan fingerprint density at radius 1 is 1.22 bits per heavy atom. The molecular formula is C22H22N6O7S. The fourth-order valence-corrected chi connectivity index (χ4v) is 4.81. The number of benzene rings is 2. The van der Waals surface area contributed by atoms with E-state index in [0.29, 0.717) is 21.9 Å². The molecule has 36 heavy (non-hydrogen) atoms. The monoisotopic (exact) mass is 514 g/mol. The van der Waals surface area contributed by atoms with E-state index in [2.05, 4.69) is 15.0 Å². The highest BCUT2D eigenvalue weighted by atomic mass is 32.2. The highest BCUT2D eigenvalue weighted by molar-refractivity contribution is 7.85. The molecular weight excluding hydrogens is 492 g/mol. The first-order valence-electron chi connectivity index (χ1n) is 10.8. The van der Waals surface area contributed by atoms with Crippen LogP contribution in [0, 0.1) is 5.92 Å². The zero-order valence-corrected chi connectivity index (χ0v) is 19.7. The topological polar surface area (TPSA) is 192 Å². The van der Waals surface area contributed by atoms with Crippen molar-refractivity contribution < 1.29 is 32.3 Å². The highest BCUT2D eigenvalue weighted by Crippen LogP contribution is 2.35. The molecule has 5 rings (SSSR count). The number of carbonyl (C=O) groups is 1. The lowest BCUT2D eigenvalue weighted by atomic mass is 10.0. The van der Waals surface area contributed by atoms with Gasteiger partial charge in [0.05, 0.1) is 24.6 Å². The zero-order valence-electron chi connectivity index (χ0n) is 18.8. The van der Waals surface area contributed by atoms with E-state index in [0.717, 1.165) is 0 Å². The molecule has 4 atom stereocenters. The van der Waals surface area contributed by atoms with E-state index in [1.807, 2.05) is 0 Å². The van der Waals surface area contributed by atoms with Gasteiger partial charge in [-0.1, -0.05) is 31.2 Å². The summed E-state index contributed by atoms with van der Waals surface area (Å²) >= 11 is 0. The van der Waals surface area contributed by atoms with Crippen LogP contribution in [-0.4, -0.2) is 62.9 Å². The van der Waals surface area contributed by atoms with E-state index in [4.69, 9.17) is 14.7 Å². The number of imidazole rings is 1. The van der Waals surface area contributed by atoms with E-state index in [1.54, 1.807) is 35.9 Å². The number of nitrogens with one attached hydrogen (secondary N) is 1. The molecule has 1 aliphatic heterocycles. The number of aromatic hydroxyl groups is 1. The first-order valence-corrected chi connectivity index (χ1v) is 12.3. The van der Waals surface area contributed by atoms with Crippen LogP contribution in [0.3, 0.4) is 0 Å². The summed E-state index contributed by atoms with van der Waals surface area (Å²) in [6.45, 7) is 1.18. The van der Waals surface area contributed by atoms with Crippen LogP contribution in [0.15, 0.2) is 49.1 Å². The number of carbonyl (C=O) groups excluding carboxylic acids is 1. The van der Waals surface area contributed by atoms with Gasteiger partial charge < -0.3 is 20.7 Å². The van der Waals surface area contributed by atoms with Crippen molar-refractivity contribution in [1.82, 2.24) is 24.2 Å². The summed E-state index contributed by atoms with van der Waals surface area (Å²) in [5.41, 5.74) is 6.26. The fourth-order valence-electron chi connectivity index (χ4n) is 4.11. The number of anilines is 1. The van der Waals surface area contributed by atoms with E-state index >= 15 is 0 Å². The van der Waals surface area contributed by atoms with Gasteiger partial charge in [-0.15, -0.1) is 0 Å². The number of nitrogens with zero attached hydrogens (tertiary/aromatic N) is 4. The Labute approximate surface area is 204 Å². The number of nitrogen functional groups attached to an aromatic ring is 1. The van der Waals surface area contributed by atoms with Crippen molar-refractivity contribution in [1.29, 1.82) is 0 Å². The number of rotatable bonds is 6. The molecule has 1 saturated heterocycles. The summed E-state index contributed by atoms with van der Waals surface area (Å²) in [7, 11) is -4.57. The lowest BCUT2D eigenvalue weighted by Crippen LogP contribution is -2.35. The number of aromatic nitrogens is 4. The Bertz CT molecular complexity index is 1570. The van der Waals surface area contributed by atoms with Crippen molar-refractivity contribution in [3.8, 4) is 5.75 Å². The molecule has 188 valence electrons. The summed E-state index contributed by atoms with van der Waals surface area (Å²) in [6, 6.07) is 9.73. The van der Waals surface area contributed by atoms with E-state index in [-0.39, 0.29) is 17.1 Å². The van der Waals surface area contributed by atoms with Gasteiger partial charge in [0.1, 0.15) is 23.7 Å². The summed E-state index contributed by atoms with van der Waals surface area (Å²) in [6.07, 6.45) is -0.169. The molecule has 5 N–H and O–H groups in total. The van der Waals surface area contributed by atoms with Crippen LogP contribution < -0.4 is 10.5 Å². The van der Waals surface area contributed by atoms with Gasteiger partial charge in [0, 0.05) is 5.92 Å². The summed E-state index contributed by atoms with van der Waals surface area (Å²) in [5.74, 6) is -1.81. The van der Waals surface area contributed by atoms with Crippen molar-refractivity contribution in [2.24, 2.45) is 5.92 Å². The van der Waals surface area contributed by atoms with Gasteiger partial charge >= 0.3 is 10.3 Å². The van der Waals surface area contributed by atoms with Crippen molar-refractivity contribution >= 4 is 44.0 Å². The largest absolute Gasteiger partial charge is 0.507 e. The average Bonchev–Trinajstić information content (AvgIpc) is 3.39. The Balaban J connectivity index is 1.27. The molecule has 1 amide bonds. The minimum Gasteiger partial charge on any atom is -0.507 e. The first kappa shape index (κ1) is 23.9. The van der Waals surface area contributed by atoms with Crippen LogP contribution in [0.2, 0.25) is 0 Å². The van der Waals surface area contributed by atoms with Gasteiger partial charge in [0.25, 0.3) is 5.91 Å². The summed E-state index contributed by atoms with van der Waals surface area (Å²) in [4.78, 5) is 24.7. The molecule has 0 unspecified atom stereocenters. The number of aliphatic hydroxyl groups excluding tert-OH is 1. The second-order valence-electron chi connectivity index (χ2n) is 8.38. The van der Waals surface area contributed by atoms with Crippen molar-refractivity contribution in [3.63, 3.8) is 0 Å². The van der Waals surface area contributed by atoms with Gasteiger partial charge in [0.15, 0.2) is 17.7 Å². The number of ether oxygens (including phenoxy) is 1. The van der Waals surface area contributed by atoms with E-state index in [9.17, 15) is 23.4 Å². The van der Waals surface area contributed by atoms with Crippen LogP contribution in [-0.2, 0) is 19.2 Å². The Kier molecular flexibility index (Phi) is 5.96. The number of fused-ring (bicyclic) bond motifs is 2. The molecule has 13 nitrogen and oxygen atoms in total. The van der Waals surface area contributed by atoms with Crippen molar-refractivity contribution in [3.05, 3.63) is 54.6 Å². The molecule has 0 saturated carbocycles. The fraction of sp³-hybridized carbons (Fsp3) is 0.273. The molecule has 1 aliphatic rings. The van der Waals surface area contributed by atoms with Crippen LogP contribution >= 0.6 is 0 Å². The van der Waals surface area contributed by atoms with E-state index in [1.165, 1.54) is 29.4 Å². The van der Waals surface area contributed by atoms with Crippen molar-refractivity contribution in [2.45, 2.75) is 25.4 Å². The SMILES string of the molecule is C[C@H]1[C@@H](O)[C@H](n2cnc3c(N)ncnc32)O[C@@H]1COS(=O)(=O)NC(=O)c1cc2ccccc2cc1O. The third-order valence-electron chi connectivity index (χ3n) is 6.11. The molecule has 0 spiro atoms. The molecule has 0 aliphatic carbocycles. The molecule has 0 bridgehead atoms. The standard InChI is InChI=1S/C22H22N6O7S/c1-11-16(35-22(18(11)30)28-10-26-17-19(23)24-9-25-20(17)28)8-34-36(32,33)27-21(31)14-6-12-4-2-3-5-13(12)7-15(14)29/h2-7,9-11,16,18,22,29-30H,8H2,1H3,(H,27,31)(H2,23,24,25)/t11-,16-,18-,22-/m1/s1. The Morgan fingerprint density at radius 3 is 2.69 bits per heavy atom. The highest BCUT2D eigenvalue weighted by Gasteiger charge is 2.43. The minimum atomic E-state index is -4.57. The zero-order chi connectivity index (χ0) is 25.6. The van der Waals surface area contributed by atoms with Gasteiger partial charge in [-0.2, -0.15) is 8.42 Å². The first-order chi connectivity index (χ1) is 17.1. The number of nitrogens with two attached hydrogens (primary N) is 1. The number of amides is 1. The van der Waals surface area contributed by atoms with Gasteiger partial charge in [0.2, 0.25) is 0 Å². The third kappa shape index (κ3) is 4.30. The predicted octanol–water partition coefficient (Wildman–Crippen LogP) is 0.853. The molecule has 4 aromatic rings. The third-order valence-corrected chi connectivity index (χ3v) is 6.99. The van der Waals surface area contributed by atoms with Gasteiger partial charge in [-0.25, -0.2) is 19.7 Å². The van der Waals surface area contributed by atoms with Gasteiger partial charge in [-0.3, -0.25) is 13.5 Å². The predicted molar refractivity (Wildman–Crippen MR) is 127 cm³/mol. The second-order valence-corrected chi connectivity index (χ2v) is 9.73. The minimum absolute atomic E-state index is 0.165. The maximum Gasteiger partial charge on any atom is 0.362 e. The van der Waals surface area contributed by atoms with Gasteiger partial charge in [-0.05, 0) is 22.9 Å². The number of phenolic OH excluding ortho intramolecular Hbond substituents is 1. The molecule has 14 heteroatoms. The lowest BCUT2D eigenvalue weighted by molar-refractivity contribution is -0.0456. The molecule has 3 heterocycles. The van der Waals surface area contributed by atoms with E-state index < -0.39 is 47.2 Å². The lowest BCUT2D eigenvalue weighted by Gasteiger charge is -2.17. The smallest absolute Gasteiger partial charge is 0.362 e. The molecule has 2 aromatic carbocycles. The van der Waals surface area contributed by atoms with Crippen molar-refractivity contribution in [2.75, 3.05) is 12.3 Å². The van der Waals surface area contributed by atoms with Crippen LogP contribution in [0.25, 0.3) is 21.9 Å². The average molecular weight is 515 g/mol. The normalized spacial score (nSPS) is 22.3. The Morgan fingerprint density at radius 2 is 1.94 bits per heavy atom. The molecule has 2 aromatic heterocycles. The number of aliphatic hydroxyl groups is 1. The maximum atomic E-state index is 12.6. The summed E-state index contributed by atoms with van der Waals surface area (Å²) < 4.78 is 39.0. The second kappa shape index (κ2) is 8.98. The molecule has 1 fully saturated rings. The van der Waals surface area contributed by atoms with Crippen LogP contribution in [0.1, 0.15) is 23.5 Å². The van der Waals surface area contributed by atoms with Crippen LogP contribution in [0.5, 0.6) is 5.75 Å². The number of phenols is 1. The quantitative estimate of drug-likeness (QED) is 0.285. The van der Waals surface area contributed by atoms with Crippen LogP contribution in [0.4, 0.5) is 5.82 Å². The Hall–Kier alpha value is -3.85. The molecule has 0 radical (unpaired) electrons. The maximum absolute atomic E-state index is 12.6. The number of hydrogen-bond donors (Lipinski definition) is 4.